The van der Waals surface area contributed by atoms with Crippen LogP contribution in [0.1, 0.15) is 20.3 Å². The predicted molar refractivity (Wildman–Crippen MR) is 68.0 cm³/mol. The van der Waals surface area contributed by atoms with E-state index in [1.165, 1.54) is 6.20 Å². The second-order valence-electron chi connectivity index (χ2n) is 3.97. The summed E-state index contributed by atoms with van der Waals surface area (Å²) in [4.78, 5) is 21.6. The van der Waals surface area contributed by atoms with E-state index >= 15 is 0 Å². The van der Waals surface area contributed by atoms with Crippen molar-refractivity contribution in [1.29, 1.82) is 5.26 Å². The molecule has 0 bridgehead atoms. The minimum absolute atomic E-state index is 0.161. The van der Waals surface area contributed by atoms with E-state index in [4.69, 9.17) is 15.1 Å². The lowest BCUT2D eigenvalue weighted by Gasteiger charge is -2.07. The molecule has 0 saturated heterocycles. The lowest BCUT2D eigenvalue weighted by molar-refractivity contribution is -0.137. The van der Waals surface area contributed by atoms with Crippen LogP contribution in [0.25, 0.3) is 0 Å². The van der Waals surface area contributed by atoms with Crippen LogP contribution >= 0.6 is 0 Å². The molecule has 0 aromatic heterocycles. The topological polar surface area (TPSA) is 111 Å². The molecule has 0 heterocycles. The largest absolute Gasteiger partial charge is 0.480 e. The van der Waals surface area contributed by atoms with Crippen molar-refractivity contribution in [3.05, 3.63) is 11.8 Å². The van der Waals surface area contributed by atoms with E-state index in [0.717, 1.165) is 6.42 Å². The third kappa shape index (κ3) is 9.62. The van der Waals surface area contributed by atoms with Crippen LogP contribution in [0.2, 0.25) is 0 Å². The fourth-order valence-electron chi connectivity index (χ4n) is 1.07. The first kappa shape index (κ1) is 16.9. The first-order chi connectivity index (χ1) is 8.97. The molecule has 19 heavy (non-hydrogen) atoms. The number of rotatable bonds is 9. The molecule has 7 nitrogen and oxygen atoms in total. The number of carboxylic acid groups (broad SMARTS) is 1. The number of carbonyl (C=O) groups is 2. The first-order valence-electron chi connectivity index (χ1n) is 5.92. The van der Waals surface area contributed by atoms with E-state index in [2.05, 4.69) is 10.6 Å². The number of nitriles is 1. The summed E-state index contributed by atoms with van der Waals surface area (Å²) in [6, 6.07) is 1.70. The fraction of sp³-hybridized carbons (Fsp3) is 0.583. The molecule has 0 aromatic carbocycles. The zero-order valence-electron chi connectivity index (χ0n) is 11.1. The molecule has 0 aromatic rings. The lowest BCUT2D eigenvalue weighted by atomic mass is 10.3. The standard InChI is InChI=1S/C12H19N3O4/c1-9(2)19-5-3-4-14-7-10(6-13)12(18)15-8-11(16)17/h7,9,14H,3-5,8H2,1-2H3,(H,15,18)(H,16,17)/b10-7-. The Kier molecular flexibility index (Phi) is 8.83. The number of amides is 1. The number of nitrogens with one attached hydrogen (secondary N) is 2. The molecule has 7 heteroatoms. The summed E-state index contributed by atoms with van der Waals surface area (Å²) in [6.45, 7) is 4.51. The second kappa shape index (κ2) is 9.91. The van der Waals surface area contributed by atoms with E-state index < -0.39 is 18.4 Å². The van der Waals surface area contributed by atoms with Crippen LogP contribution in [-0.4, -0.2) is 42.8 Å². The number of carboxylic acids is 1. The highest BCUT2D eigenvalue weighted by Crippen LogP contribution is 1.92. The third-order valence-electron chi connectivity index (χ3n) is 1.93. The molecule has 0 spiro atoms. The molecule has 3 N–H and O–H groups in total. The van der Waals surface area contributed by atoms with Crippen molar-refractivity contribution in [3.8, 4) is 6.07 Å². The van der Waals surface area contributed by atoms with Gasteiger partial charge in [0.25, 0.3) is 5.91 Å². The Labute approximate surface area is 112 Å². The van der Waals surface area contributed by atoms with E-state index in [1.54, 1.807) is 6.07 Å². The molecular formula is C12H19N3O4. The van der Waals surface area contributed by atoms with Crippen molar-refractivity contribution in [3.63, 3.8) is 0 Å². The predicted octanol–water partition coefficient (Wildman–Crippen LogP) is -0.000620. The average Bonchev–Trinajstić information content (AvgIpc) is 2.34. The Bertz CT molecular complexity index is 372. The Hall–Kier alpha value is -2.07. The second-order valence-corrected chi connectivity index (χ2v) is 3.97. The van der Waals surface area contributed by atoms with Gasteiger partial charge in [-0.2, -0.15) is 5.26 Å². The molecule has 106 valence electrons. The molecule has 0 aliphatic heterocycles. The Morgan fingerprint density at radius 1 is 1.47 bits per heavy atom. The molecule has 0 aliphatic carbocycles. The molecule has 1 amide bonds. The zero-order chi connectivity index (χ0) is 14.7. The maximum Gasteiger partial charge on any atom is 0.322 e. The Morgan fingerprint density at radius 2 is 2.16 bits per heavy atom. The van der Waals surface area contributed by atoms with Gasteiger partial charge in [-0.05, 0) is 20.3 Å². The summed E-state index contributed by atoms with van der Waals surface area (Å²) >= 11 is 0. The van der Waals surface area contributed by atoms with Crippen LogP contribution in [0.3, 0.4) is 0 Å². The van der Waals surface area contributed by atoms with Crippen molar-refractivity contribution in [1.82, 2.24) is 10.6 Å². The number of aliphatic carboxylic acids is 1. The van der Waals surface area contributed by atoms with Gasteiger partial charge in [-0.25, -0.2) is 0 Å². The van der Waals surface area contributed by atoms with Crippen LogP contribution in [0, 0.1) is 11.3 Å². The van der Waals surface area contributed by atoms with Crippen LogP contribution in [0.5, 0.6) is 0 Å². The van der Waals surface area contributed by atoms with Crippen LogP contribution in [0.4, 0.5) is 0 Å². The molecule has 0 rings (SSSR count). The summed E-state index contributed by atoms with van der Waals surface area (Å²) < 4.78 is 5.32. The van der Waals surface area contributed by atoms with E-state index in [9.17, 15) is 9.59 Å². The molecule has 0 unspecified atom stereocenters. The third-order valence-corrected chi connectivity index (χ3v) is 1.93. The van der Waals surface area contributed by atoms with Crippen molar-refractivity contribution in [2.45, 2.75) is 26.4 Å². The summed E-state index contributed by atoms with van der Waals surface area (Å²) in [5.74, 6) is -1.87. The molecule has 0 saturated carbocycles. The van der Waals surface area contributed by atoms with Gasteiger partial charge in [-0.1, -0.05) is 0 Å². The molecular weight excluding hydrogens is 250 g/mol. The Morgan fingerprint density at radius 3 is 2.68 bits per heavy atom. The van der Waals surface area contributed by atoms with Gasteiger partial charge in [-0.15, -0.1) is 0 Å². The van der Waals surface area contributed by atoms with Crippen molar-refractivity contribution in [2.24, 2.45) is 0 Å². The van der Waals surface area contributed by atoms with Crippen LogP contribution in [0.15, 0.2) is 11.8 Å². The maximum absolute atomic E-state index is 11.4. The monoisotopic (exact) mass is 269 g/mol. The van der Waals surface area contributed by atoms with Crippen LogP contribution < -0.4 is 10.6 Å². The quantitative estimate of drug-likeness (QED) is 0.308. The van der Waals surface area contributed by atoms with Crippen LogP contribution in [-0.2, 0) is 14.3 Å². The molecule has 0 atom stereocenters. The first-order valence-corrected chi connectivity index (χ1v) is 5.92. The highest BCUT2D eigenvalue weighted by atomic mass is 16.5. The SMILES string of the molecule is CC(C)OCCCN/C=C(/C#N)C(=O)NCC(=O)O. The number of hydrogen-bond acceptors (Lipinski definition) is 5. The zero-order valence-corrected chi connectivity index (χ0v) is 11.1. The van der Waals surface area contributed by atoms with E-state index in [0.29, 0.717) is 13.2 Å². The smallest absolute Gasteiger partial charge is 0.322 e. The fourth-order valence-corrected chi connectivity index (χ4v) is 1.07. The average molecular weight is 269 g/mol. The van der Waals surface area contributed by atoms with Crippen molar-refractivity contribution in [2.75, 3.05) is 19.7 Å². The Balaban J connectivity index is 3.95. The normalized spacial score (nSPS) is 10.9. The number of hydrogen-bond donors (Lipinski definition) is 3. The van der Waals surface area contributed by atoms with Gasteiger partial charge in [0.2, 0.25) is 0 Å². The molecule has 0 aliphatic rings. The van der Waals surface area contributed by atoms with Crippen molar-refractivity contribution >= 4 is 11.9 Å². The molecule has 0 fully saturated rings. The van der Waals surface area contributed by atoms with E-state index in [1.807, 2.05) is 13.8 Å². The minimum atomic E-state index is -1.16. The van der Waals surface area contributed by atoms with E-state index in [-0.39, 0.29) is 11.7 Å². The highest BCUT2D eigenvalue weighted by Gasteiger charge is 2.09. The summed E-state index contributed by atoms with van der Waals surface area (Å²) in [5.41, 5.74) is -0.161. The highest BCUT2D eigenvalue weighted by molar-refractivity contribution is 5.98. The van der Waals surface area contributed by atoms with Gasteiger partial charge in [0.15, 0.2) is 0 Å². The van der Waals surface area contributed by atoms with Gasteiger partial charge in [0.05, 0.1) is 6.10 Å². The van der Waals surface area contributed by atoms with Gasteiger partial charge >= 0.3 is 5.97 Å². The van der Waals surface area contributed by atoms with Gasteiger partial charge < -0.3 is 20.5 Å². The summed E-state index contributed by atoms with van der Waals surface area (Å²) in [7, 11) is 0. The number of ether oxygens (including phenoxy) is 1. The lowest BCUT2D eigenvalue weighted by Crippen LogP contribution is -2.30. The molecule has 0 radical (unpaired) electrons. The maximum atomic E-state index is 11.4. The number of carbonyl (C=O) groups excluding carboxylic acids is 1. The minimum Gasteiger partial charge on any atom is -0.480 e. The number of nitrogens with zero attached hydrogens (tertiary/aromatic N) is 1. The van der Waals surface area contributed by atoms with Gasteiger partial charge in [0.1, 0.15) is 18.2 Å². The van der Waals surface area contributed by atoms with Gasteiger partial charge in [0, 0.05) is 19.4 Å². The van der Waals surface area contributed by atoms with Gasteiger partial charge in [-0.3, -0.25) is 9.59 Å². The summed E-state index contributed by atoms with van der Waals surface area (Å²) in [5, 5.41) is 22.0. The van der Waals surface area contributed by atoms with Crippen molar-refractivity contribution < 1.29 is 19.4 Å². The summed E-state index contributed by atoms with van der Waals surface area (Å²) in [6.07, 6.45) is 2.18.